The molecule has 27 heavy (non-hydrogen) atoms. The standard InChI is InChI=1S/C22H24N2O2.ClH/c25-22(19-11-6-9-17-8-2-3-10-18(17)19)23-16-20(21-12-7-15-26-21)24-13-4-1-5-14-24;/h2-3,6-12,15,20H,1,4-5,13-14,16H2,(H,23,25);1H. The van der Waals surface area contributed by atoms with E-state index in [1.54, 1.807) is 6.26 Å². The van der Waals surface area contributed by atoms with Gasteiger partial charge in [-0.15, -0.1) is 12.4 Å². The van der Waals surface area contributed by atoms with Gasteiger partial charge in [-0.25, -0.2) is 0 Å². The molecule has 4 nitrogen and oxygen atoms in total. The quantitative estimate of drug-likeness (QED) is 0.686. The zero-order valence-corrected chi connectivity index (χ0v) is 16.1. The normalized spacial score (nSPS) is 15.9. The number of carbonyl (C=O) groups is 1. The van der Waals surface area contributed by atoms with Crippen LogP contribution in [0, 0.1) is 0 Å². The van der Waals surface area contributed by atoms with Crippen LogP contribution in [0.4, 0.5) is 0 Å². The Balaban J connectivity index is 0.00000210. The van der Waals surface area contributed by atoms with Gasteiger partial charge in [-0.05, 0) is 54.9 Å². The highest BCUT2D eigenvalue weighted by Gasteiger charge is 2.25. The van der Waals surface area contributed by atoms with E-state index in [1.807, 2.05) is 54.6 Å². The Hall–Kier alpha value is -2.30. The molecule has 1 N–H and O–H groups in total. The molecule has 0 aliphatic carbocycles. The van der Waals surface area contributed by atoms with E-state index in [2.05, 4.69) is 10.2 Å². The maximum Gasteiger partial charge on any atom is 0.251 e. The molecule has 1 amide bonds. The Morgan fingerprint density at radius 3 is 2.56 bits per heavy atom. The monoisotopic (exact) mass is 384 g/mol. The van der Waals surface area contributed by atoms with Gasteiger partial charge < -0.3 is 9.73 Å². The number of nitrogens with one attached hydrogen (secondary N) is 1. The number of furan rings is 1. The van der Waals surface area contributed by atoms with Crippen LogP contribution >= 0.6 is 12.4 Å². The summed E-state index contributed by atoms with van der Waals surface area (Å²) in [7, 11) is 0. The van der Waals surface area contributed by atoms with Gasteiger partial charge in [0.15, 0.2) is 0 Å². The van der Waals surface area contributed by atoms with Crippen molar-refractivity contribution >= 4 is 29.1 Å². The highest BCUT2D eigenvalue weighted by Crippen LogP contribution is 2.25. The second-order valence-corrected chi connectivity index (χ2v) is 6.86. The van der Waals surface area contributed by atoms with Crippen molar-refractivity contribution < 1.29 is 9.21 Å². The van der Waals surface area contributed by atoms with Gasteiger partial charge in [0.05, 0.1) is 12.3 Å². The zero-order valence-electron chi connectivity index (χ0n) is 15.3. The van der Waals surface area contributed by atoms with Gasteiger partial charge in [0.1, 0.15) is 5.76 Å². The average Bonchev–Trinajstić information content (AvgIpc) is 3.23. The zero-order chi connectivity index (χ0) is 17.8. The fourth-order valence-electron chi connectivity index (χ4n) is 3.83. The molecule has 1 saturated heterocycles. The molecule has 1 aliphatic rings. The molecular weight excluding hydrogens is 360 g/mol. The Labute approximate surface area is 166 Å². The molecule has 5 heteroatoms. The summed E-state index contributed by atoms with van der Waals surface area (Å²) in [5.41, 5.74) is 0.722. The highest BCUT2D eigenvalue weighted by molar-refractivity contribution is 6.07. The van der Waals surface area contributed by atoms with Gasteiger partial charge in [0.25, 0.3) is 5.91 Å². The Bertz CT molecular complexity index is 868. The molecule has 1 aliphatic heterocycles. The fraction of sp³-hybridized carbons (Fsp3) is 0.318. The Morgan fingerprint density at radius 1 is 1.00 bits per heavy atom. The number of fused-ring (bicyclic) bond motifs is 1. The molecule has 0 bridgehead atoms. The van der Waals surface area contributed by atoms with Crippen LogP contribution in [0.2, 0.25) is 0 Å². The van der Waals surface area contributed by atoms with Gasteiger partial charge in [0, 0.05) is 12.1 Å². The van der Waals surface area contributed by atoms with Crippen molar-refractivity contribution in [1.82, 2.24) is 10.2 Å². The number of hydrogen-bond donors (Lipinski definition) is 1. The van der Waals surface area contributed by atoms with Crippen molar-refractivity contribution in [2.24, 2.45) is 0 Å². The summed E-state index contributed by atoms with van der Waals surface area (Å²) >= 11 is 0. The number of hydrogen-bond acceptors (Lipinski definition) is 3. The lowest BCUT2D eigenvalue weighted by atomic mass is 10.0. The summed E-state index contributed by atoms with van der Waals surface area (Å²) in [4.78, 5) is 15.3. The van der Waals surface area contributed by atoms with Crippen molar-refractivity contribution in [1.29, 1.82) is 0 Å². The van der Waals surface area contributed by atoms with E-state index in [0.29, 0.717) is 6.54 Å². The number of likely N-dealkylation sites (tertiary alicyclic amines) is 1. The molecule has 0 radical (unpaired) electrons. The minimum Gasteiger partial charge on any atom is -0.468 e. The minimum absolute atomic E-state index is 0. The average molecular weight is 385 g/mol. The molecule has 1 aromatic heterocycles. The van der Waals surface area contributed by atoms with E-state index in [-0.39, 0.29) is 24.4 Å². The third-order valence-corrected chi connectivity index (χ3v) is 5.19. The van der Waals surface area contributed by atoms with Crippen molar-refractivity contribution in [3.63, 3.8) is 0 Å². The number of amides is 1. The molecule has 1 atom stereocenters. The van der Waals surface area contributed by atoms with Crippen LogP contribution in [0.1, 0.15) is 41.4 Å². The predicted octanol–water partition coefficient (Wildman–Crippen LogP) is 4.81. The summed E-state index contributed by atoms with van der Waals surface area (Å²) < 4.78 is 5.66. The van der Waals surface area contributed by atoms with Crippen molar-refractivity contribution in [2.75, 3.05) is 19.6 Å². The summed E-state index contributed by atoms with van der Waals surface area (Å²) in [6.45, 7) is 2.65. The van der Waals surface area contributed by atoms with Crippen LogP contribution in [-0.4, -0.2) is 30.4 Å². The first-order valence-electron chi connectivity index (χ1n) is 9.36. The van der Waals surface area contributed by atoms with Crippen LogP contribution in [0.5, 0.6) is 0 Å². The van der Waals surface area contributed by atoms with Crippen LogP contribution < -0.4 is 5.32 Å². The lowest BCUT2D eigenvalue weighted by molar-refractivity contribution is 0.0915. The summed E-state index contributed by atoms with van der Waals surface area (Å²) in [6.07, 6.45) is 5.39. The van der Waals surface area contributed by atoms with Gasteiger partial charge in [0.2, 0.25) is 0 Å². The summed E-state index contributed by atoms with van der Waals surface area (Å²) in [5.74, 6) is 0.889. The van der Waals surface area contributed by atoms with Crippen LogP contribution in [-0.2, 0) is 0 Å². The molecule has 3 aromatic rings. The van der Waals surface area contributed by atoms with E-state index in [9.17, 15) is 4.79 Å². The highest BCUT2D eigenvalue weighted by atomic mass is 35.5. The van der Waals surface area contributed by atoms with Crippen molar-refractivity contribution in [3.8, 4) is 0 Å². The third-order valence-electron chi connectivity index (χ3n) is 5.19. The first-order chi connectivity index (χ1) is 12.8. The minimum atomic E-state index is -0.0321. The first-order valence-corrected chi connectivity index (χ1v) is 9.36. The third kappa shape index (κ3) is 4.34. The molecule has 4 rings (SSSR count). The first kappa shape index (κ1) is 19.5. The second-order valence-electron chi connectivity index (χ2n) is 6.86. The van der Waals surface area contributed by atoms with E-state index in [0.717, 1.165) is 35.2 Å². The van der Waals surface area contributed by atoms with Crippen LogP contribution in [0.25, 0.3) is 10.8 Å². The van der Waals surface area contributed by atoms with E-state index in [4.69, 9.17) is 4.42 Å². The Kier molecular flexibility index (Phi) is 6.54. The topological polar surface area (TPSA) is 45.5 Å². The maximum absolute atomic E-state index is 12.9. The van der Waals surface area contributed by atoms with Crippen LogP contribution in [0.15, 0.2) is 65.3 Å². The lowest BCUT2D eigenvalue weighted by Gasteiger charge is -2.33. The molecule has 2 aromatic carbocycles. The predicted molar refractivity (Wildman–Crippen MR) is 110 cm³/mol. The maximum atomic E-state index is 12.9. The number of benzene rings is 2. The fourth-order valence-corrected chi connectivity index (χ4v) is 3.83. The van der Waals surface area contributed by atoms with Crippen molar-refractivity contribution in [2.45, 2.75) is 25.3 Å². The van der Waals surface area contributed by atoms with Gasteiger partial charge in [-0.1, -0.05) is 42.8 Å². The SMILES string of the molecule is Cl.O=C(NCC(c1ccco1)N1CCCCC1)c1cccc2ccccc12. The van der Waals surface area contributed by atoms with Gasteiger partial charge >= 0.3 is 0 Å². The smallest absolute Gasteiger partial charge is 0.251 e. The molecule has 0 spiro atoms. The van der Waals surface area contributed by atoms with Crippen molar-refractivity contribution in [3.05, 3.63) is 72.2 Å². The summed E-state index contributed by atoms with van der Waals surface area (Å²) in [6, 6.07) is 17.9. The summed E-state index contributed by atoms with van der Waals surface area (Å²) in [5, 5.41) is 5.20. The number of halogens is 1. The van der Waals surface area contributed by atoms with E-state index in [1.165, 1.54) is 19.3 Å². The number of piperidine rings is 1. The number of rotatable bonds is 5. The Morgan fingerprint density at radius 2 is 1.78 bits per heavy atom. The second kappa shape index (κ2) is 9.07. The largest absolute Gasteiger partial charge is 0.468 e. The molecule has 1 unspecified atom stereocenters. The van der Waals surface area contributed by atoms with E-state index < -0.39 is 0 Å². The van der Waals surface area contributed by atoms with Crippen LogP contribution in [0.3, 0.4) is 0 Å². The van der Waals surface area contributed by atoms with Gasteiger partial charge in [-0.2, -0.15) is 0 Å². The molecular formula is C22H25ClN2O2. The van der Waals surface area contributed by atoms with Gasteiger partial charge in [-0.3, -0.25) is 9.69 Å². The molecule has 1 fully saturated rings. The number of nitrogens with zero attached hydrogens (tertiary/aromatic N) is 1. The number of carbonyl (C=O) groups excluding carboxylic acids is 1. The molecule has 0 saturated carbocycles. The van der Waals surface area contributed by atoms with E-state index >= 15 is 0 Å². The molecule has 2 heterocycles. The molecule has 142 valence electrons. The lowest BCUT2D eigenvalue weighted by Crippen LogP contribution is -2.40.